The molecule has 1 heterocycles. The second kappa shape index (κ2) is 4.63. The van der Waals surface area contributed by atoms with Gasteiger partial charge in [-0.3, -0.25) is 0 Å². The molecular formula is C11H11BrN2OS. The van der Waals surface area contributed by atoms with E-state index in [9.17, 15) is 5.11 Å². The van der Waals surface area contributed by atoms with Crippen molar-refractivity contribution in [3.05, 3.63) is 50.9 Å². The number of hydrogen-bond acceptors (Lipinski definition) is 4. The third kappa shape index (κ3) is 2.04. The Morgan fingerprint density at radius 2 is 2.06 bits per heavy atom. The molecule has 0 saturated carbocycles. The highest BCUT2D eigenvalue weighted by atomic mass is 79.9. The van der Waals surface area contributed by atoms with Crippen LogP contribution in [0.4, 0.5) is 0 Å². The van der Waals surface area contributed by atoms with Crippen LogP contribution in [-0.2, 0) is 5.60 Å². The fourth-order valence-corrected chi connectivity index (χ4v) is 2.87. The van der Waals surface area contributed by atoms with E-state index in [-0.39, 0.29) is 6.54 Å². The quantitative estimate of drug-likeness (QED) is 0.912. The number of aromatic nitrogens is 1. The normalized spacial score (nSPS) is 14.7. The third-order valence-corrected chi connectivity index (χ3v) is 4.08. The Labute approximate surface area is 106 Å². The van der Waals surface area contributed by atoms with Crippen LogP contribution in [-0.4, -0.2) is 16.6 Å². The summed E-state index contributed by atoms with van der Waals surface area (Å²) >= 11 is 4.66. The summed E-state index contributed by atoms with van der Waals surface area (Å²) in [7, 11) is 0. The summed E-state index contributed by atoms with van der Waals surface area (Å²) in [6, 6.07) is 9.35. The summed E-state index contributed by atoms with van der Waals surface area (Å²) in [5.41, 5.74) is 5.25. The van der Waals surface area contributed by atoms with Crippen molar-refractivity contribution in [3.8, 4) is 0 Å². The lowest BCUT2D eigenvalue weighted by atomic mass is 9.95. The highest BCUT2D eigenvalue weighted by Gasteiger charge is 2.32. The van der Waals surface area contributed by atoms with Crippen LogP contribution in [0.5, 0.6) is 0 Å². The Morgan fingerprint density at radius 1 is 1.38 bits per heavy atom. The van der Waals surface area contributed by atoms with Gasteiger partial charge in [0.05, 0.1) is 0 Å². The van der Waals surface area contributed by atoms with Crippen LogP contribution < -0.4 is 5.73 Å². The number of nitrogens with two attached hydrogens (primary N) is 1. The van der Waals surface area contributed by atoms with Crippen molar-refractivity contribution in [1.82, 2.24) is 4.98 Å². The Hall–Kier alpha value is -0.750. The first kappa shape index (κ1) is 11.7. The standard InChI is InChI=1S/C11H11BrN2OS/c12-9-6-16-10(14-9)11(15,7-13)8-4-2-1-3-5-8/h1-6,15H,7,13H2. The van der Waals surface area contributed by atoms with Crippen LogP contribution in [0.25, 0.3) is 0 Å². The first-order chi connectivity index (χ1) is 7.66. The number of aliphatic hydroxyl groups is 1. The van der Waals surface area contributed by atoms with E-state index < -0.39 is 5.60 Å². The molecule has 1 atom stereocenters. The van der Waals surface area contributed by atoms with E-state index in [2.05, 4.69) is 20.9 Å². The molecule has 2 aromatic rings. The van der Waals surface area contributed by atoms with Gasteiger partial charge in [-0.25, -0.2) is 4.98 Å². The number of benzene rings is 1. The van der Waals surface area contributed by atoms with Gasteiger partial charge in [-0.15, -0.1) is 11.3 Å². The number of thiazole rings is 1. The zero-order valence-corrected chi connectivity index (χ0v) is 10.8. The average Bonchev–Trinajstić information content (AvgIpc) is 2.76. The van der Waals surface area contributed by atoms with Crippen molar-refractivity contribution in [2.45, 2.75) is 5.60 Å². The molecule has 0 fully saturated rings. The van der Waals surface area contributed by atoms with E-state index in [0.29, 0.717) is 5.01 Å². The van der Waals surface area contributed by atoms with Gasteiger partial charge >= 0.3 is 0 Å². The molecule has 1 aromatic heterocycles. The maximum atomic E-state index is 10.6. The van der Waals surface area contributed by atoms with Gasteiger partial charge in [0.15, 0.2) is 5.60 Å². The SMILES string of the molecule is NCC(O)(c1ccccc1)c1nc(Br)cs1. The van der Waals surface area contributed by atoms with Crippen LogP contribution in [0.15, 0.2) is 40.3 Å². The molecule has 0 saturated heterocycles. The van der Waals surface area contributed by atoms with Gasteiger partial charge in [-0.2, -0.15) is 0 Å². The molecule has 0 amide bonds. The summed E-state index contributed by atoms with van der Waals surface area (Å²) in [6.45, 7) is 0.108. The first-order valence-electron chi connectivity index (χ1n) is 4.76. The fraction of sp³-hybridized carbons (Fsp3) is 0.182. The second-order valence-corrected chi connectivity index (χ2v) is 5.08. The molecule has 84 valence electrons. The molecule has 0 aliphatic carbocycles. The molecule has 1 unspecified atom stereocenters. The maximum Gasteiger partial charge on any atom is 0.153 e. The molecule has 3 nitrogen and oxygen atoms in total. The maximum absolute atomic E-state index is 10.6. The van der Waals surface area contributed by atoms with Gasteiger partial charge in [0.25, 0.3) is 0 Å². The Morgan fingerprint density at radius 3 is 2.56 bits per heavy atom. The monoisotopic (exact) mass is 298 g/mol. The molecule has 0 bridgehead atoms. The first-order valence-corrected chi connectivity index (χ1v) is 6.43. The van der Waals surface area contributed by atoms with E-state index in [0.717, 1.165) is 10.2 Å². The predicted molar refractivity (Wildman–Crippen MR) is 68.3 cm³/mol. The van der Waals surface area contributed by atoms with Gasteiger partial charge in [-0.05, 0) is 21.5 Å². The zero-order valence-electron chi connectivity index (χ0n) is 8.43. The molecule has 0 radical (unpaired) electrons. The molecule has 0 aliphatic rings. The van der Waals surface area contributed by atoms with Crippen LogP contribution >= 0.6 is 27.3 Å². The lowest BCUT2D eigenvalue weighted by Crippen LogP contribution is -2.35. The topological polar surface area (TPSA) is 59.1 Å². The number of halogens is 1. The second-order valence-electron chi connectivity index (χ2n) is 3.41. The Kier molecular flexibility index (Phi) is 3.39. The van der Waals surface area contributed by atoms with Crippen molar-refractivity contribution in [2.24, 2.45) is 5.73 Å². The summed E-state index contributed by atoms with van der Waals surface area (Å²) in [4.78, 5) is 4.24. The predicted octanol–water partition coefficient (Wildman–Crippen LogP) is 2.10. The molecular weight excluding hydrogens is 288 g/mol. The zero-order chi connectivity index (χ0) is 11.6. The molecule has 1 aromatic carbocycles. The summed E-state index contributed by atoms with van der Waals surface area (Å²) in [5, 5.41) is 13.0. The molecule has 0 aliphatic heterocycles. The van der Waals surface area contributed by atoms with Crippen molar-refractivity contribution in [2.75, 3.05) is 6.54 Å². The highest BCUT2D eigenvalue weighted by Crippen LogP contribution is 2.31. The van der Waals surface area contributed by atoms with Crippen molar-refractivity contribution < 1.29 is 5.11 Å². The Balaban J connectivity index is 2.48. The molecule has 3 N–H and O–H groups in total. The van der Waals surface area contributed by atoms with Crippen LogP contribution in [0.1, 0.15) is 10.6 Å². The molecule has 2 rings (SSSR count). The van der Waals surface area contributed by atoms with E-state index in [1.807, 2.05) is 35.7 Å². The van der Waals surface area contributed by atoms with Gasteiger partial charge < -0.3 is 10.8 Å². The summed E-state index contributed by atoms with van der Waals surface area (Å²) < 4.78 is 0.718. The number of hydrogen-bond donors (Lipinski definition) is 2. The lowest BCUT2D eigenvalue weighted by Gasteiger charge is -2.24. The van der Waals surface area contributed by atoms with Crippen molar-refractivity contribution in [3.63, 3.8) is 0 Å². The molecule has 0 spiro atoms. The largest absolute Gasteiger partial charge is 0.377 e. The highest BCUT2D eigenvalue weighted by molar-refractivity contribution is 9.10. The van der Waals surface area contributed by atoms with E-state index in [4.69, 9.17) is 5.73 Å². The lowest BCUT2D eigenvalue weighted by molar-refractivity contribution is 0.0898. The van der Waals surface area contributed by atoms with Gasteiger partial charge in [0.1, 0.15) is 9.61 Å². The van der Waals surface area contributed by atoms with Crippen LogP contribution in [0, 0.1) is 0 Å². The van der Waals surface area contributed by atoms with Gasteiger partial charge in [0, 0.05) is 11.9 Å². The van der Waals surface area contributed by atoms with E-state index in [1.54, 1.807) is 0 Å². The smallest absolute Gasteiger partial charge is 0.153 e. The minimum atomic E-state index is -1.20. The van der Waals surface area contributed by atoms with Gasteiger partial charge in [-0.1, -0.05) is 30.3 Å². The summed E-state index contributed by atoms with van der Waals surface area (Å²) in [6.07, 6.45) is 0. The van der Waals surface area contributed by atoms with Crippen molar-refractivity contribution >= 4 is 27.3 Å². The minimum Gasteiger partial charge on any atom is -0.377 e. The van der Waals surface area contributed by atoms with E-state index in [1.165, 1.54) is 11.3 Å². The number of rotatable bonds is 3. The molecule has 16 heavy (non-hydrogen) atoms. The van der Waals surface area contributed by atoms with E-state index >= 15 is 0 Å². The summed E-state index contributed by atoms with van der Waals surface area (Å²) in [5.74, 6) is 0. The van der Waals surface area contributed by atoms with Crippen molar-refractivity contribution in [1.29, 1.82) is 0 Å². The van der Waals surface area contributed by atoms with Crippen LogP contribution in [0.3, 0.4) is 0 Å². The van der Waals surface area contributed by atoms with Crippen LogP contribution in [0.2, 0.25) is 0 Å². The minimum absolute atomic E-state index is 0.108. The Bertz CT molecular complexity index is 474. The fourth-order valence-electron chi connectivity index (χ4n) is 1.49. The molecule has 5 heteroatoms. The number of nitrogens with zero attached hydrogens (tertiary/aromatic N) is 1. The van der Waals surface area contributed by atoms with Gasteiger partial charge in [0.2, 0.25) is 0 Å². The third-order valence-electron chi connectivity index (χ3n) is 2.38. The average molecular weight is 299 g/mol.